The second-order valence-electron chi connectivity index (χ2n) is 6.02. The molecule has 2 aromatic heterocycles. The van der Waals surface area contributed by atoms with Gasteiger partial charge in [0.05, 0.1) is 41.6 Å². The van der Waals surface area contributed by atoms with E-state index in [4.69, 9.17) is 9.47 Å². The van der Waals surface area contributed by atoms with Gasteiger partial charge in [0.15, 0.2) is 0 Å². The average Bonchev–Trinajstić information content (AvgIpc) is 3.05. The maximum atomic E-state index is 12.6. The van der Waals surface area contributed by atoms with E-state index in [2.05, 4.69) is 15.4 Å². The molecule has 1 aromatic carbocycles. The number of hydrogen-bond acceptors (Lipinski definition) is 5. The van der Waals surface area contributed by atoms with Crippen LogP contribution in [0.4, 0.5) is 5.69 Å². The number of nitrogens with one attached hydrogen (secondary N) is 1. The Labute approximate surface area is 158 Å². The molecule has 7 heteroatoms. The number of carbonyl (C=O) groups excluding carboxylic acids is 1. The highest BCUT2D eigenvalue weighted by atomic mass is 16.5. The number of benzene rings is 1. The second-order valence-corrected chi connectivity index (χ2v) is 6.02. The highest BCUT2D eigenvalue weighted by Gasteiger charge is 2.16. The van der Waals surface area contributed by atoms with Gasteiger partial charge >= 0.3 is 0 Å². The van der Waals surface area contributed by atoms with Crippen molar-refractivity contribution in [2.45, 2.75) is 13.8 Å². The van der Waals surface area contributed by atoms with E-state index in [-0.39, 0.29) is 5.91 Å². The molecule has 0 atom stereocenters. The molecule has 0 saturated heterocycles. The number of pyridine rings is 1. The monoisotopic (exact) mass is 366 g/mol. The van der Waals surface area contributed by atoms with Gasteiger partial charge in [0, 0.05) is 13.2 Å². The van der Waals surface area contributed by atoms with Gasteiger partial charge in [0.25, 0.3) is 5.91 Å². The predicted octanol–water partition coefficient (Wildman–Crippen LogP) is 3.16. The molecule has 0 aliphatic heterocycles. The first-order valence-corrected chi connectivity index (χ1v) is 8.60. The van der Waals surface area contributed by atoms with E-state index in [1.807, 2.05) is 38.1 Å². The molecule has 0 saturated carbocycles. The quantitative estimate of drug-likeness (QED) is 0.650. The summed E-state index contributed by atoms with van der Waals surface area (Å²) in [7, 11) is 1.61. The van der Waals surface area contributed by atoms with Gasteiger partial charge in [-0.1, -0.05) is 18.2 Å². The number of carbonyl (C=O) groups is 1. The van der Waals surface area contributed by atoms with E-state index < -0.39 is 0 Å². The van der Waals surface area contributed by atoms with E-state index in [0.717, 1.165) is 16.9 Å². The van der Waals surface area contributed by atoms with Gasteiger partial charge in [0.1, 0.15) is 6.61 Å². The molecule has 0 bridgehead atoms. The molecule has 0 radical (unpaired) electrons. The second kappa shape index (κ2) is 8.46. The lowest BCUT2D eigenvalue weighted by Gasteiger charge is -2.09. The van der Waals surface area contributed by atoms with E-state index in [1.165, 1.54) is 0 Å². The molecule has 0 unspecified atom stereocenters. The zero-order valence-corrected chi connectivity index (χ0v) is 15.6. The maximum absolute atomic E-state index is 12.6. The summed E-state index contributed by atoms with van der Waals surface area (Å²) in [6, 6.07) is 11.4. The molecular formula is C20H22N4O3. The number of hydrogen-bond donors (Lipinski definition) is 1. The van der Waals surface area contributed by atoms with Gasteiger partial charge in [-0.15, -0.1) is 0 Å². The topological polar surface area (TPSA) is 78.3 Å². The first-order chi connectivity index (χ1) is 13.1. The van der Waals surface area contributed by atoms with Gasteiger partial charge in [-0.2, -0.15) is 5.10 Å². The van der Waals surface area contributed by atoms with Crippen LogP contribution >= 0.6 is 0 Å². The van der Waals surface area contributed by atoms with Crippen molar-refractivity contribution in [3.8, 4) is 11.6 Å². The number of rotatable bonds is 7. The summed E-state index contributed by atoms with van der Waals surface area (Å²) in [6.07, 6.45) is 3.13. The summed E-state index contributed by atoms with van der Waals surface area (Å²) < 4.78 is 12.1. The standard InChI is InChI=1S/C20H22N4O3/c1-14-6-4-5-7-18(14)24-15(2)17(13-22-24)20(25)23-16-8-9-19(21-12-16)27-11-10-26-3/h4-9,12-13H,10-11H2,1-3H3,(H,23,25). The van der Waals surface area contributed by atoms with Crippen LogP contribution in [-0.4, -0.2) is 41.0 Å². The van der Waals surface area contributed by atoms with Crippen LogP contribution in [0.5, 0.6) is 5.88 Å². The number of aromatic nitrogens is 3. The first kappa shape index (κ1) is 18.6. The van der Waals surface area contributed by atoms with Crippen LogP contribution < -0.4 is 10.1 Å². The van der Waals surface area contributed by atoms with Crippen LogP contribution in [0.3, 0.4) is 0 Å². The van der Waals surface area contributed by atoms with Crippen molar-refractivity contribution in [2.24, 2.45) is 0 Å². The SMILES string of the molecule is COCCOc1ccc(NC(=O)c2cnn(-c3ccccc3C)c2C)cn1. The third kappa shape index (κ3) is 4.32. The number of aryl methyl sites for hydroxylation is 1. The lowest BCUT2D eigenvalue weighted by molar-refractivity contribution is 0.102. The Balaban J connectivity index is 1.71. The largest absolute Gasteiger partial charge is 0.475 e. The molecule has 0 fully saturated rings. The summed E-state index contributed by atoms with van der Waals surface area (Å²) in [5.41, 5.74) is 3.91. The van der Waals surface area contributed by atoms with Crippen LogP contribution in [0, 0.1) is 13.8 Å². The molecule has 3 aromatic rings. The fraction of sp³-hybridized carbons (Fsp3) is 0.250. The Hall–Kier alpha value is -3.19. The molecule has 140 valence electrons. The van der Waals surface area contributed by atoms with Crippen molar-refractivity contribution < 1.29 is 14.3 Å². The Morgan fingerprint density at radius 1 is 1.11 bits per heavy atom. The third-order valence-corrected chi connectivity index (χ3v) is 4.13. The van der Waals surface area contributed by atoms with Crippen LogP contribution in [0.1, 0.15) is 21.6 Å². The minimum absolute atomic E-state index is 0.234. The van der Waals surface area contributed by atoms with Crippen LogP contribution in [0.2, 0.25) is 0 Å². The first-order valence-electron chi connectivity index (χ1n) is 8.60. The molecule has 0 aliphatic carbocycles. The van der Waals surface area contributed by atoms with Crippen molar-refractivity contribution in [1.29, 1.82) is 0 Å². The Morgan fingerprint density at radius 2 is 1.93 bits per heavy atom. The zero-order chi connectivity index (χ0) is 19.2. The molecule has 3 rings (SSSR count). The number of anilines is 1. The van der Waals surface area contributed by atoms with E-state index in [0.29, 0.717) is 30.3 Å². The summed E-state index contributed by atoms with van der Waals surface area (Å²) >= 11 is 0. The fourth-order valence-electron chi connectivity index (χ4n) is 2.64. The Morgan fingerprint density at radius 3 is 2.63 bits per heavy atom. The fourth-order valence-corrected chi connectivity index (χ4v) is 2.64. The maximum Gasteiger partial charge on any atom is 0.259 e. The minimum atomic E-state index is -0.234. The molecule has 7 nitrogen and oxygen atoms in total. The van der Waals surface area contributed by atoms with Gasteiger partial charge in [0.2, 0.25) is 5.88 Å². The molecule has 2 heterocycles. The summed E-state index contributed by atoms with van der Waals surface area (Å²) in [4.78, 5) is 16.8. The minimum Gasteiger partial charge on any atom is -0.475 e. The van der Waals surface area contributed by atoms with Crippen LogP contribution in [0.15, 0.2) is 48.8 Å². The highest BCUT2D eigenvalue weighted by molar-refractivity contribution is 6.04. The zero-order valence-electron chi connectivity index (χ0n) is 15.6. The normalized spacial score (nSPS) is 10.6. The molecular weight excluding hydrogens is 344 g/mol. The lowest BCUT2D eigenvalue weighted by Crippen LogP contribution is -2.13. The smallest absolute Gasteiger partial charge is 0.259 e. The summed E-state index contributed by atoms with van der Waals surface area (Å²) in [6.45, 7) is 4.80. The predicted molar refractivity (Wildman–Crippen MR) is 103 cm³/mol. The van der Waals surface area contributed by atoms with Crippen molar-refractivity contribution in [1.82, 2.24) is 14.8 Å². The highest BCUT2D eigenvalue weighted by Crippen LogP contribution is 2.19. The van der Waals surface area contributed by atoms with Gasteiger partial charge in [-0.05, 0) is 31.5 Å². The van der Waals surface area contributed by atoms with Gasteiger partial charge in [-0.3, -0.25) is 4.79 Å². The van der Waals surface area contributed by atoms with Gasteiger partial charge in [-0.25, -0.2) is 9.67 Å². The summed E-state index contributed by atoms with van der Waals surface area (Å²) in [5.74, 6) is 0.246. The van der Waals surface area contributed by atoms with Crippen molar-refractivity contribution in [3.05, 3.63) is 65.6 Å². The van der Waals surface area contributed by atoms with Gasteiger partial charge < -0.3 is 14.8 Å². The number of nitrogens with zero attached hydrogens (tertiary/aromatic N) is 3. The number of methoxy groups -OCH3 is 1. The number of amides is 1. The Bertz CT molecular complexity index is 919. The number of ether oxygens (including phenoxy) is 2. The van der Waals surface area contributed by atoms with Crippen molar-refractivity contribution in [3.63, 3.8) is 0 Å². The van der Waals surface area contributed by atoms with Crippen LogP contribution in [0.25, 0.3) is 5.69 Å². The third-order valence-electron chi connectivity index (χ3n) is 4.13. The molecule has 27 heavy (non-hydrogen) atoms. The molecule has 0 spiro atoms. The molecule has 0 aliphatic rings. The van der Waals surface area contributed by atoms with Crippen LogP contribution in [-0.2, 0) is 4.74 Å². The Kier molecular flexibility index (Phi) is 5.83. The van der Waals surface area contributed by atoms with E-state index in [9.17, 15) is 4.79 Å². The average molecular weight is 366 g/mol. The van der Waals surface area contributed by atoms with E-state index >= 15 is 0 Å². The van der Waals surface area contributed by atoms with E-state index in [1.54, 1.807) is 36.3 Å². The lowest BCUT2D eigenvalue weighted by atomic mass is 10.2. The van der Waals surface area contributed by atoms with Crippen molar-refractivity contribution >= 4 is 11.6 Å². The molecule has 1 N–H and O–H groups in total. The van der Waals surface area contributed by atoms with Crippen molar-refractivity contribution in [2.75, 3.05) is 25.6 Å². The summed E-state index contributed by atoms with van der Waals surface area (Å²) in [5, 5.41) is 7.21. The number of para-hydroxylation sites is 1. The molecule has 1 amide bonds.